The minimum atomic E-state index is -0.396. The van der Waals surface area contributed by atoms with Crippen LogP contribution >= 0.6 is 0 Å². The van der Waals surface area contributed by atoms with Crippen molar-refractivity contribution in [2.75, 3.05) is 26.3 Å². The maximum atomic E-state index is 13.5. The van der Waals surface area contributed by atoms with Crippen LogP contribution in [0.25, 0.3) is 0 Å². The fourth-order valence-electron chi connectivity index (χ4n) is 5.90. The van der Waals surface area contributed by atoms with Crippen molar-refractivity contribution in [3.8, 4) is 0 Å². The monoisotopic (exact) mass is 461 g/mol. The summed E-state index contributed by atoms with van der Waals surface area (Å²) >= 11 is 0. The third-order valence-corrected chi connectivity index (χ3v) is 7.72. The van der Waals surface area contributed by atoms with Gasteiger partial charge in [-0.05, 0) is 48.4 Å². The largest absolute Gasteiger partial charge is 0.379 e. The Morgan fingerprint density at radius 2 is 1.62 bits per heavy atom. The van der Waals surface area contributed by atoms with E-state index in [1.165, 1.54) is 12.0 Å². The average Bonchev–Trinajstić information content (AvgIpc) is 3.28. The Morgan fingerprint density at radius 3 is 2.41 bits per heavy atom. The van der Waals surface area contributed by atoms with E-state index in [-0.39, 0.29) is 17.9 Å². The van der Waals surface area contributed by atoms with Crippen molar-refractivity contribution < 1.29 is 14.3 Å². The molecule has 1 N–H and O–H groups in total. The van der Waals surface area contributed by atoms with Crippen LogP contribution in [-0.2, 0) is 22.6 Å². The van der Waals surface area contributed by atoms with E-state index in [0.29, 0.717) is 18.0 Å². The van der Waals surface area contributed by atoms with E-state index >= 15 is 0 Å². The maximum Gasteiger partial charge on any atom is 0.254 e. The van der Waals surface area contributed by atoms with E-state index in [0.717, 1.165) is 64.1 Å². The van der Waals surface area contributed by atoms with E-state index in [1.54, 1.807) is 0 Å². The smallest absolute Gasteiger partial charge is 0.254 e. The average molecular weight is 462 g/mol. The van der Waals surface area contributed by atoms with Crippen molar-refractivity contribution >= 4 is 11.8 Å². The standard InChI is InChI=1S/C28H35N3O3/c32-27(29-19-23-11-4-5-12-24(23)20-30-14-16-34-17-15-30)26-18-22-10-6-7-13-25(22)31(26)28(33)21-8-2-1-3-9-21/h1-5,8-9,11-12,22,25-26H,6-7,10,13-20H2,(H,29,32). The summed E-state index contributed by atoms with van der Waals surface area (Å²) in [7, 11) is 0. The Bertz CT molecular complexity index is 989. The lowest BCUT2D eigenvalue weighted by Crippen LogP contribution is -2.49. The van der Waals surface area contributed by atoms with Gasteiger partial charge in [-0.25, -0.2) is 0 Å². The van der Waals surface area contributed by atoms with Crippen LogP contribution in [0, 0.1) is 5.92 Å². The number of rotatable bonds is 6. The van der Waals surface area contributed by atoms with Crippen LogP contribution in [0.3, 0.4) is 0 Å². The molecule has 1 saturated carbocycles. The molecule has 34 heavy (non-hydrogen) atoms. The van der Waals surface area contributed by atoms with E-state index in [9.17, 15) is 9.59 Å². The van der Waals surface area contributed by atoms with Gasteiger partial charge < -0.3 is 15.0 Å². The Labute approximate surface area is 202 Å². The van der Waals surface area contributed by atoms with Gasteiger partial charge in [-0.3, -0.25) is 14.5 Å². The summed E-state index contributed by atoms with van der Waals surface area (Å²) in [4.78, 5) is 31.3. The second-order valence-electron chi connectivity index (χ2n) is 9.82. The van der Waals surface area contributed by atoms with Crippen molar-refractivity contribution in [1.29, 1.82) is 0 Å². The molecule has 2 aromatic carbocycles. The van der Waals surface area contributed by atoms with Crippen molar-refractivity contribution in [2.45, 2.75) is 57.3 Å². The summed E-state index contributed by atoms with van der Waals surface area (Å²) in [5.41, 5.74) is 3.04. The number of hydrogen-bond donors (Lipinski definition) is 1. The fourth-order valence-corrected chi connectivity index (χ4v) is 5.90. The molecule has 2 aliphatic heterocycles. The molecule has 3 aliphatic rings. The van der Waals surface area contributed by atoms with E-state index in [1.807, 2.05) is 41.3 Å². The first-order valence-electron chi connectivity index (χ1n) is 12.7. The lowest BCUT2D eigenvalue weighted by Gasteiger charge is -2.33. The van der Waals surface area contributed by atoms with Crippen molar-refractivity contribution in [1.82, 2.24) is 15.1 Å². The van der Waals surface area contributed by atoms with Gasteiger partial charge in [-0.1, -0.05) is 55.3 Å². The summed E-state index contributed by atoms with van der Waals surface area (Å²) in [6.45, 7) is 4.76. The molecule has 2 amide bonds. The SMILES string of the molecule is O=C(NCc1ccccc1CN1CCOCC1)C1CC2CCCCC2N1C(=O)c1ccccc1. The van der Waals surface area contributed by atoms with E-state index in [4.69, 9.17) is 4.74 Å². The highest BCUT2D eigenvalue weighted by Gasteiger charge is 2.47. The van der Waals surface area contributed by atoms with Crippen LogP contribution in [0.4, 0.5) is 0 Å². The third kappa shape index (κ3) is 5.03. The fraction of sp³-hybridized carbons (Fsp3) is 0.500. The molecular formula is C28H35N3O3. The van der Waals surface area contributed by atoms with Gasteiger partial charge >= 0.3 is 0 Å². The molecule has 2 saturated heterocycles. The van der Waals surface area contributed by atoms with E-state index in [2.05, 4.69) is 28.4 Å². The Morgan fingerprint density at radius 1 is 0.912 bits per heavy atom. The second kappa shape index (κ2) is 10.7. The van der Waals surface area contributed by atoms with Gasteiger partial charge in [0.25, 0.3) is 5.91 Å². The molecule has 5 rings (SSSR count). The third-order valence-electron chi connectivity index (χ3n) is 7.72. The molecule has 6 nitrogen and oxygen atoms in total. The number of nitrogens with one attached hydrogen (secondary N) is 1. The molecule has 2 heterocycles. The van der Waals surface area contributed by atoms with E-state index < -0.39 is 6.04 Å². The number of amides is 2. The molecule has 2 aromatic rings. The highest BCUT2D eigenvalue weighted by Crippen LogP contribution is 2.40. The molecule has 0 bridgehead atoms. The Kier molecular flexibility index (Phi) is 7.26. The number of nitrogens with zero attached hydrogens (tertiary/aromatic N) is 2. The number of benzene rings is 2. The normalized spacial score (nSPS) is 25.1. The number of ether oxygens (including phenoxy) is 1. The molecule has 1 aliphatic carbocycles. The van der Waals surface area contributed by atoms with Crippen LogP contribution in [0.2, 0.25) is 0 Å². The van der Waals surface area contributed by atoms with Crippen molar-refractivity contribution in [3.05, 3.63) is 71.3 Å². The van der Waals surface area contributed by atoms with Gasteiger partial charge in [-0.2, -0.15) is 0 Å². The molecule has 3 atom stereocenters. The quantitative estimate of drug-likeness (QED) is 0.714. The Hall–Kier alpha value is -2.70. The zero-order valence-electron chi connectivity index (χ0n) is 19.8. The topological polar surface area (TPSA) is 61.9 Å². The second-order valence-corrected chi connectivity index (χ2v) is 9.82. The summed E-state index contributed by atoms with van der Waals surface area (Å²) in [5, 5.41) is 3.19. The number of hydrogen-bond acceptors (Lipinski definition) is 4. The van der Waals surface area contributed by atoms with Crippen LogP contribution in [0.5, 0.6) is 0 Å². The first kappa shape index (κ1) is 23.1. The molecular weight excluding hydrogens is 426 g/mol. The first-order valence-corrected chi connectivity index (χ1v) is 12.7. The highest BCUT2D eigenvalue weighted by atomic mass is 16.5. The van der Waals surface area contributed by atoms with Gasteiger partial charge in [-0.15, -0.1) is 0 Å². The van der Waals surface area contributed by atoms with Crippen molar-refractivity contribution in [3.63, 3.8) is 0 Å². The molecule has 0 spiro atoms. The predicted molar refractivity (Wildman–Crippen MR) is 131 cm³/mol. The minimum Gasteiger partial charge on any atom is -0.379 e. The minimum absolute atomic E-state index is 0.0112. The zero-order valence-corrected chi connectivity index (χ0v) is 19.8. The summed E-state index contributed by atoms with van der Waals surface area (Å²) in [6, 6.07) is 17.5. The van der Waals surface area contributed by atoms with Crippen LogP contribution in [-0.4, -0.2) is 60.0 Å². The van der Waals surface area contributed by atoms with Crippen LogP contribution < -0.4 is 5.32 Å². The summed E-state index contributed by atoms with van der Waals surface area (Å²) in [6.07, 6.45) is 5.19. The van der Waals surface area contributed by atoms with Crippen LogP contribution in [0.1, 0.15) is 53.6 Å². The first-order chi connectivity index (χ1) is 16.7. The molecule has 3 unspecified atom stereocenters. The highest BCUT2D eigenvalue weighted by molar-refractivity contribution is 5.98. The van der Waals surface area contributed by atoms with Gasteiger partial charge in [0, 0.05) is 37.8 Å². The predicted octanol–water partition coefficient (Wildman–Crippen LogP) is 3.61. The Balaban J connectivity index is 1.29. The van der Waals surface area contributed by atoms with Gasteiger partial charge in [0.2, 0.25) is 5.91 Å². The molecule has 0 radical (unpaired) electrons. The number of likely N-dealkylation sites (tertiary alicyclic amines) is 1. The summed E-state index contributed by atoms with van der Waals surface area (Å²) in [5.74, 6) is 0.383. The molecule has 6 heteroatoms. The van der Waals surface area contributed by atoms with Gasteiger partial charge in [0.05, 0.1) is 13.2 Å². The molecule has 3 fully saturated rings. The maximum absolute atomic E-state index is 13.5. The molecule has 0 aromatic heterocycles. The van der Waals surface area contributed by atoms with Gasteiger partial charge in [0.1, 0.15) is 6.04 Å². The van der Waals surface area contributed by atoms with Crippen molar-refractivity contribution in [2.24, 2.45) is 5.92 Å². The number of carbonyl (C=O) groups excluding carboxylic acids is 2. The summed E-state index contributed by atoms with van der Waals surface area (Å²) < 4.78 is 5.47. The number of carbonyl (C=O) groups is 2. The molecule has 180 valence electrons. The lowest BCUT2D eigenvalue weighted by atomic mass is 9.84. The van der Waals surface area contributed by atoms with Gasteiger partial charge in [0.15, 0.2) is 0 Å². The zero-order chi connectivity index (χ0) is 23.3. The number of fused-ring (bicyclic) bond motifs is 1. The lowest BCUT2D eigenvalue weighted by molar-refractivity contribution is -0.125. The van der Waals surface area contributed by atoms with Crippen LogP contribution in [0.15, 0.2) is 54.6 Å². The number of morpholine rings is 1.